The van der Waals surface area contributed by atoms with Crippen molar-refractivity contribution in [2.75, 3.05) is 24.7 Å². The van der Waals surface area contributed by atoms with Crippen molar-refractivity contribution in [3.63, 3.8) is 0 Å². The monoisotopic (exact) mass is 551 g/mol. The van der Waals surface area contributed by atoms with Crippen LogP contribution in [-0.2, 0) is 32.3 Å². The van der Waals surface area contributed by atoms with Crippen LogP contribution >= 0.6 is 19.4 Å². The number of fused-ring (bicyclic) bond motifs is 2. The van der Waals surface area contributed by atoms with Crippen molar-refractivity contribution in [1.82, 2.24) is 14.5 Å². The number of benzene rings is 1. The van der Waals surface area contributed by atoms with E-state index in [1.54, 1.807) is 42.0 Å². The Kier molecular flexibility index (Phi) is 5.82. The topological polar surface area (TPSA) is 172 Å². The third kappa shape index (κ3) is 4.21. The molecule has 37 heavy (non-hydrogen) atoms. The van der Waals surface area contributed by atoms with Crippen molar-refractivity contribution in [2.24, 2.45) is 0 Å². The van der Waals surface area contributed by atoms with Gasteiger partial charge in [-0.15, -0.1) is 0 Å². The lowest BCUT2D eigenvalue weighted by Crippen LogP contribution is -2.42. The van der Waals surface area contributed by atoms with Crippen molar-refractivity contribution in [2.45, 2.75) is 43.5 Å². The molecule has 2 aromatic heterocycles. The van der Waals surface area contributed by atoms with E-state index in [1.807, 2.05) is 6.07 Å². The van der Waals surface area contributed by atoms with Crippen LogP contribution < -0.4 is 11.5 Å². The lowest BCUT2D eigenvalue weighted by atomic mass is 9.96. The number of ether oxygens (including phenoxy) is 3. The molecule has 0 saturated carbocycles. The zero-order valence-corrected chi connectivity index (χ0v) is 21.1. The lowest BCUT2D eigenvalue weighted by Gasteiger charge is -2.30. The number of rotatable bonds is 5. The fourth-order valence-electron chi connectivity index (χ4n) is 4.90. The number of carbonyl (C=O) groups is 1. The predicted octanol–water partition coefficient (Wildman–Crippen LogP) is 3.74. The van der Waals surface area contributed by atoms with E-state index in [0.717, 1.165) is 5.56 Å². The number of phosphoric acid groups is 1. The van der Waals surface area contributed by atoms with Gasteiger partial charge in [-0.3, -0.25) is 13.6 Å². The molecule has 3 fully saturated rings. The van der Waals surface area contributed by atoms with E-state index in [2.05, 4.69) is 9.97 Å². The Labute approximate surface area is 215 Å². The lowest BCUT2D eigenvalue weighted by molar-refractivity contribution is -0.0923. The number of aromatic nitrogens is 3. The molecule has 1 aromatic carbocycles. The highest BCUT2D eigenvalue weighted by atomic mass is 35.5. The van der Waals surface area contributed by atoms with Gasteiger partial charge in [0.2, 0.25) is 5.95 Å². The van der Waals surface area contributed by atoms with E-state index in [1.165, 1.54) is 0 Å². The smallest absolute Gasteiger partial charge is 0.424 e. The molecule has 3 saturated heterocycles. The van der Waals surface area contributed by atoms with E-state index in [9.17, 15) is 9.36 Å². The van der Waals surface area contributed by atoms with Gasteiger partial charge in [-0.2, -0.15) is 9.97 Å². The number of carbonyl (C=O) groups excluding carboxylic acids is 1. The van der Waals surface area contributed by atoms with E-state index in [-0.39, 0.29) is 25.0 Å². The van der Waals surface area contributed by atoms with Gasteiger partial charge in [-0.25, -0.2) is 9.36 Å². The molecule has 5 heterocycles. The fraction of sp³-hybridized carbons (Fsp3) is 0.409. The molecule has 4 N–H and O–H groups in total. The maximum Gasteiger partial charge on any atom is 0.509 e. The van der Waals surface area contributed by atoms with Crippen LogP contribution in [0.2, 0.25) is 5.02 Å². The first-order valence-electron chi connectivity index (χ1n) is 11.4. The summed E-state index contributed by atoms with van der Waals surface area (Å²) < 4.78 is 48.9. The average Bonchev–Trinajstić information content (AvgIpc) is 3.47. The van der Waals surface area contributed by atoms with Gasteiger partial charge in [0, 0.05) is 17.6 Å². The van der Waals surface area contributed by atoms with E-state index in [4.69, 9.17) is 50.9 Å². The number of hydrogen-bond acceptors (Lipinski definition) is 12. The van der Waals surface area contributed by atoms with Crippen molar-refractivity contribution in [3.8, 4) is 0 Å². The number of anilines is 2. The molecule has 3 aliphatic heterocycles. The van der Waals surface area contributed by atoms with Crippen LogP contribution in [0.15, 0.2) is 36.5 Å². The largest absolute Gasteiger partial charge is 0.509 e. The normalized spacial score (nSPS) is 33.3. The zero-order chi connectivity index (χ0) is 25.9. The summed E-state index contributed by atoms with van der Waals surface area (Å²) in [7, 11) is -3.97. The molecule has 1 unspecified atom stereocenters. The molecular weight excluding hydrogens is 529 g/mol. The van der Waals surface area contributed by atoms with Crippen LogP contribution in [0.1, 0.15) is 31.2 Å². The summed E-state index contributed by atoms with van der Waals surface area (Å²) >= 11 is 6.09. The maximum atomic E-state index is 13.3. The summed E-state index contributed by atoms with van der Waals surface area (Å²) in [5.74, 6) is 0.169. The summed E-state index contributed by atoms with van der Waals surface area (Å²) in [6.07, 6.45) is -1.92. The van der Waals surface area contributed by atoms with Gasteiger partial charge in [-0.1, -0.05) is 23.7 Å². The Morgan fingerprint density at radius 1 is 1.30 bits per heavy atom. The first-order chi connectivity index (χ1) is 17.6. The van der Waals surface area contributed by atoms with Gasteiger partial charge in [0.05, 0.1) is 24.7 Å². The molecular formula is C22H23ClN5O8P. The highest BCUT2D eigenvalue weighted by molar-refractivity contribution is 7.48. The van der Waals surface area contributed by atoms with Crippen molar-refractivity contribution in [3.05, 3.63) is 47.1 Å². The predicted molar refractivity (Wildman–Crippen MR) is 129 cm³/mol. The summed E-state index contributed by atoms with van der Waals surface area (Å²) in [6, 6.07) is 8.77. The number of halogens is 1. The second-order valence-corrected chi connectivity index (χ2v) is 11.1. The third-order valence-corrected chi connectivity index (χ3v) is 8.31. The molecule has 6 rings (SSSR count). The van der Waals surface area contributed by atoms with E-state index in [0.29, 0.717) is 22.5 Å². The Balaban J connectivity index is 1.24. The minimum atomic E-state index is -3.97. The number of nitrogens with zero attached hydrogens (tertiary/aromatic N) is 3. The highest BCUT2D eigenvalue weighted by Gasteiger charge is 2.64. The maximum absolute atomic E-state index is 13.3. The first-order valence-corrected chi connectivity index (χ1v) is 13.3. The number of nitrogens with two attached hydrogens (primary N) is 2. The zero-order valence-electron chi connectivity index (χ0n) is 19.5. The molecule has 0 amide bonds. The summed E-state index contributed by atoms with van der Waals surface area (Å²) in [6.45, 7) is 1.54. The molecule has 0 bridgehead atoms. The number of hydrogen-bond donors (Lipinski definition) is 2. The minimum absolute atomic E-state index is 0.0249. The summed E-state index contributed by atoms with van der Waals surface area (Å²) in [4.78, 5) is 20.4. The Morgan fingerprint density at radius 3 is 2.95 bits per heavy atom. The molecule has 15 heteroatoms. The van der Waals surface area contributed by atoms with Crippen LogP contribution in [0.5, 0.6) is 0 Å². The molecule has 3 aliphatic rings. The van der Waals surface area contributed by atoms with Crippen LogP contribution in [0.3, 0.4) is 0 Å². The van der Waals surface area contributed by atoms with Gasteiger partial charge in [0.1, 0.15) is 17.6 Å². The molecule has 0 spiro atoms. The molecule has 196 valence electrons. The van der Waals surface area contributed by atoms with Crippen LogP contribution in [0.25, 0.3) is 11.0 Å². The number of phosphoric ester groups is 1. The Morgan fingerprint density at radius 2 is 2.14 bits per heavy atom. The molecule has 0 radical (unpaired) electrons. The SMILES string of the molecule is C[C@@]12OC(=O)O[C@@H]1[C@@H](COP1(=O)OCC[C@@H](c3cccc(Cl)c3)O1)O[C@H]2n1ccc2c(N)nc(N)nc21. The highest BCUT2D eigenvalue weighted by Crippen LogP contribution is 2.58. The first kappa shape index (κ1) is 24.4. The minimum Gasteiger partial charge on any atom is -0.424 e. The van der Waals surface area contributed by atoms with Gasteiger partial charge in [-0.05, 0) is 30.7 Å². The van der Waals surface area contributed by atoms with Crippen LogP contribution in [-0.4, -0.2) is 51.7 Å². The van der Waals surface area contributed by atoms with Crippen molar-refractivity contribution < 1.29 is 37.1 Å². The summed E-state index contributed by atoms with van der Waals surface area (Å²) in [5.41, 5.74) is 11.6. The van der Waals surface area contributed by atoms with E-state index >= 15 is 0 Å². The Hall–Kier alpha value is -2.93. The number of nitrogen functional groups attached to an aromatic ring is 2. The van der Waals surface area contributed by atoms with Gasteiger partial charge < -0.3 is 30.2 Å². The van der Waals surface area contributed by atoms with Gasteiger partial charge in [0.15, 0.2) is 17.9 Å². The molecule has 0 aliphatic carbocycles. The molecule has 3 aromatic rings. The van der Waals surface area contributed by atoms with Gasteiger partial charge >= 0.3 is 14.0 Å². The second-order valence-electron chi connectivity index (χ2n) is 9.04. The summed E-state index contributed by atoms with van der Waals surface area (Å²) in [5, 5.41) is 1.07. The third-order valence-electron chi connectivity index (χ3n) is 6.60. The van der Waals surface area contributed by atoms with Crippen LogP contribution in [0, 0.1) is 0 Å². The average molecular weight is 552 g/mol. The van der Waals surface area contributed by atoms with Crippen molar-refractivity contribution in [1.29, 1.82) is 0 Å². The molecule has 13 nitrogen and oxygen atoms in total. The van der Waals surface area contributed by atoms with Gasteiger partial charge in [0.25, 0.3) is 0 Å². The standard InChI is InChI=1S/C22H23ClN5O8P/c1-22-16(34-21(29)35-22)15(33-19(22)28-7-5-13-17(24)26-20(25)27-18(13)28)10-32-37(30)31-8-6-14(36-37)11-3-2-4-12(23)9-11/h2-5,7,9,14-16,19H,6,8,10H2,1H3,(H4,24,25,26,27)/t14-,15+,16+,19+,22+,37?/m0/s1. The van der Waals surface area contributed by atoms with Crippen molar-refractivity contribution >= 4 is 48.4 Å². The molecule has 6 atom stereocenters. The Bertz CT molecular complexity index is 1440. The van der Waals surface area contributed by atoms with Crippen LogP contribution in [0.4, 0.5) is 16.6 Å². The second kappa shape index (κ2) is 8.83. The quantitative estimate of drug-likeness (QED) is 0.348. The van der Waals surface area contributed by atoms with E-state index < -0.39 is 44.1 Å². The fourth-order valence-corrected chi connectivity index (χ4v) is 6.49.